The SMILES string of the molecule is Cc1cc(Cl)ccc1NC(=O)NCCCOC(C)C. The zero-order chi connectivity index (χ0) is 14.3. The molecule has 0 saturated carbocycles. The van der Waals surface area contributed by atoms with E-state index in [9.17, 15) is 4.79 Å². The summed E-state index contributed by atoms with van der Waals surface area (Å²) in [5.74, 6) is 0. The lowest BCUT2D eigenvalue weighted by Crippen LogP contribution is -2.30. The molecule has 1 aromatic rings. The van der Waals surface area contributed by atoms with Crippen LogP contribution >= 0.6 is 11.6 Å². The number of hydrogen-bond acceptors (Lipinski definition) is 2. The zero-order valence-corrected chi connectivity index (χ0v) is 12.4. The van der Waals surface area contributed by atoms with Gasteiger partial charge in [-0.3, -0.25) is 0 Å². The van der Waals surface area contributed by atoms with E-state index in [0.717, 1.165) is 17.7 Å². The number of benzene rings is 1. The molecule has 0 saturated heterocycles. The molecule has 2 N–H and O–H groups in total. The average molecular weight is 285 g/mol. The Balaban J connectivity index is 2.27. The Bertz CT molecular complexity index is 422. The molecule has 0 aliphatic heterocycles. The highest BCUT2D eigenvalue weighted by molar-refractivity contribution is 6.30. The van der Waals surface area contributed by atoms with Gasteiger partial charge in [0.1, 0.15) is 0 Å². The van der Waals surface area contributed by atoms with Crippen molar-refractivity contribution in [1.82, 2.24) is 5.32 Å². The maximum Gasteiger partial charge on any atom is 0.319 e. The lowest BCUT2D eigenvalue weighted by molar-refractivity contribution is 0.0775. The fourth-order valence-electron chi connectivity index (χ4n) is 1.53. The third kappa shape index (κ3) is 6.45. The van der Waals surface area contributed by atoms with Gasteiger partial charge in [-0.2, -0.15) is 0 Å². The van der Waals surface area contributed by atoms with Crippen molar-refractivity contribution < 1.29 is 9.53 Å². The van der Waals surface area contributed by atoms with Crippen LogP contribution in [0, 0.1) is 6.92 Å². The van der Waals surface area contributed by atoms with Gasteiger partial charge in [0.25, 0.3) is 0 Å². The molecule has 1 rings (SSSR count). The lowest BCUT2D eigenvalue weighted by atomic mass is 10.2. The second kappa shape index (κ2) is 8.02. The number of amides is 2. The van der Waals surface area contributed by atoms with E-state index in [1.807, 2.05) is 26.8 Å². The van der Waals surface area contributed by atoms with Gasteiger partial charge >= 0.3 is 6.03 Å². The Morgan fingerprint density at radius 1 is 1.42 bits per heavy atom. The summed E-state index contributed by atoms with van der Waals surface area (Å²) in [4.78, 5) is 11.7. The highest BCUT2D eigenvalue weighted by Gasteiger charge is 2.04. The van der Waals surface area contributed by atoms with Gasteiger partial charge in [-0.1, -0.05) is 11.6 Å². The van der Waals surface area contributed by atoms with E-state index < -0.39 is 0 Å². The van der Waals surface area contributed by atoms with E-state index in [4.69, 9.17) is 16.3 Å². The van der Waals surface area contributed by atoms with E-state index in [-0.39, 0.29) is 12.1 Å². The van der Waals surface area contributed by atoms with Crippen molar-refractivity contribution in [3.8, 4) is 0 Å². The van der Waals surface area contributed by atoms with Crippen LogP contribution in [0.3, 0.4) is 0 Å². The van der Waals surface area contributed by atoms with Gasteiger partial charge in [-0.25, -0.2) is 4.79 Å². The number of ether oxygens (including phenoxy) is 1. The fraction of sp³-hybridized carbons (Fsp3) is 0.500. The second-order valence-corrected chi connectivity index (χ2v) is 5.05. The molecule has 4 nitrogen and oxygen atoms in total. The van der Waals surface area contributed by atoms with Gasteiger partial charge in [0.15, 0.2) is 0 Å². The summed E-state index contributed by atoms with van der Waals surface area (Å²) >= 11 is 5.86. The molecule has 19 heavy (non-hydrogen) atoms. The molecule has 0 atom stereocenters. The lowest BCUT2D eigenvalue weighted by Gasteiger charge is -2.11. The molecule has 106 valence electrons. The average Bonchev–Trinajstić information content (AvgIpc) is 2.32. The number of carbonyl (C=O) groups is 1. The molecule has 0 aliphatic carbocycles. The van der Waals surface area contributed by atoms with Crippen molar-refractivity contribution in [3.05, 3.63) is 28.8 Å². The first-order valence-electron chi connectivity index (χ1n) is 6.41. The normalized spacial score (nSPS) is 10.6. The molecule has 1 aromatic carbocycles. The van der Waals surface area contributed by atoms with Gasteiger partial charge < -0.3 is 15.4 Å². The first-order valence-corrected chi connectivity index (χ1v) is 6.79. The molecule has 0 aromatic heterocycles. The molecule has 0 bridgehead atoms. The number of halogens is 1. The Morgan fingerprint density at radius 2 is 2.16 bits per heavy atom. The first kappa shape index (κ1) is 15.8. The number of rotatable bonds is 6. The van der Waals surface area contributed by atoms with Crippen molar-refractivity contribution in [1.29, 1.82) is 0 Å². The monoisotopic (exact) mass is 284 g/mol. The first-order chi connectivity index (χ1) is 8.99. The summed E-state index contributed by atoms with van der Waals surface area (Å²) in [6.45, 7) is 7.12. The van der Waals surface area contributed by atoms with Crippen molar-refractivity contribution in [2.45, 2.75) is 33.3 Å². The van der Waals surface area contributed by atoms with E-state index in [1.54, 1.807) is 12.1 Å². The molecule has 0 radical (unpaired) electrons. The predicted molar refractivity (Wildman–Crippen MR) is 78.9 cm³/mol. The van der Waals surface area contributed by atoms with Crippen molar-refractivity contribution >= 4 is 23.3 Å². The number of aryl methyl sites for hydroxylation is 1. The fourth-order valence-corrected chi connectivity index (χ4v) is 1.75. The van der Waals surface area contributed by atoms with Crippen LogP contribution in [0.2, 0.25) is 5.02 Å². The molecule has 5 heteroatoms. The number of anilines is 1. The van der Waals surface area contributed by atoms with Crippen LogP contribution in [0.25, 0.3) is 0 Å². The standard InChI is InChI=1S/C14H21ClN2O2/c1-10(2)19-8-4-7-16-14(18)17-13-6-5-12(15)9-11(13)3/h5-6,9-10H,4,7-8H2,1-3H3,(H2,16,17,18). The summed E-state index contributed by atoms with van der Waals surface area (Å²) in [6.07, 6.45) is 1.02. The van der Waals surface area contributed by atoms with E-state index >= 15 is 0 Å². The largest absolute Gasteiger partial charge is 0.379 e. The highest BCUT2D eigenvalue weighted by Crippen LogP contribution is 2.19. The van der Waals surface area contributed by atoms with E-state index in [1.165, 1.54) is 0 Å². The number of nitrogens with one attached hydrogen (secondary N) is 2. The van der Waals surface area contributed by atoms with Crippen molar-refractivity contribution in [2.24, 2.45) is 0 Å². The Kier molecular flexibility index (Phi) is 6.67. The molecule has 0 fully saturated rings. The number of hydrogen-bond donors (Lipinski definition) is 2. The maximum atomic E-state index is 11.7. The number of urea groups is 1. The summed E-state index contributed by atoms with van der Waals surface area (Å²) < 4.78 is 5.39. The smallest absolute Gasteiger partial charge is 0.319 e. The van der Waals surface area contributed by atoms with E-state index in [0.29, 0.717) is 18.2 Å². The maximum absolute atomic E-state index is 11.7. The summed E-state index contributed by atoms with van der Waals surface area (Å²) in [5, 5.41) is 6.23. The van der Waals surface area contributed by atoms with Gasteiger partial charge in [-0.15, -0.1) is 0 Å². The minimum absolute atomic E-state index is 0.213. The Morgan fingerprint density at radius 3 is 2.79 bits per heavy atom. The minimum atomic E-state index is -0.213. The molecule has 0 aliphatic rings. The van der Waals surface area contributed by atoms with Crippen molar-refractivity contribution in [2.75, 3.05) is 18.5 Å². The molecule has 2 amide bonds. The predicted octanol–water partition coefficient (Wildman–Crippen LogP) is 3.59. The highest BCUT2D eigenvalue weighted by atomic mass is 35.5. The van der Waals surface area contributed by atoms with Crippen LogP contribution in [0.1, 0.15) is 25.8 Å². The quantitative estimate of drug-likeness (QED) is 0.785. The second-order valence-electron chi connectivity index (χ2n) is 4.61. The van der Waals surface area contributed by atoms with Crippen LogP contribution in [0.15, 0.2) is 18.2 Å². The summed E-state index contributed by atoms with van der Waals surface area (Å²) in [7, 11) is 0. The minimum Gasteiger partial charge on any atom is -0.379 e. The molecule has 0 heterocycles. The van der Waals surface area contributed by atoms with Crippen molar-refractivity contribution in [3.63, 3.8) is 0 Å². The Labute approximate surface area is 119 Å². The zero-order valence-electron chi connectivity index (χ0n) is 11.6. The van der Waals surface area contributed by atoms with Crippen LogP contribution < -0.4 is 10.6 Å². The van der Waals surface area contributed by atoms with Gasteiger partial charge in [0.05, 0.1) is 6.10 Å². The summed E-state index contributed by atoms with van der Waals surface area (Å²) in [6, 6.07) is 5.14. The van der Waals surface area contributed by atoms with Crippen LogP contribution in [-0.2, 0) is 4.74 Å². The Hall–Kier alpha value is -1.26. The molecule has 0 spiro atoms. The van der Waals surface area contributed by atoms with Gasteiger partial charge in [-0.05, 0) is 51.0 Å². The number of carbonyl (C=O) groups excluding carboxylic acids is 1. The van der Waals surface area contributed by atoms with Crippen LogP contribution in [0.4, 0.5) is 10.5 Å². The van der Waals surface area contributed by atoms with Crippen LogP contribution in [-0.4, -0.2) is 25.3 Å². The third-order valence-corrected chi connectivity index (χ3v) is 2.73. The van der Waals surface area contributed by atoms with Gasteiger partial charge in [0.2, 0.25) is 0 Å². The molecular weight excluding hydrogens is 264 g/mol. The molecular formula is C14H21ClN2O2. The van der Waals surface area contributed by atoms with Gasteiger partial charge in [0, 0.05) is 23.9 Å². The van der Waals surface area contributed by atoms with E-state index in [2.05, 4.69) is 10.6 Å². The van der Waals surface area contributed by atoms with Crippen LogP contribution in [0.5, 0.6) is 0 Å². The topological polar surface area (TPSA) is 50.4 Å². The summed E-state index contributed by atoms with van der Waals surface area (Å²) in [5.41, 5.74) is 1.70. The molecule has 0 unspecified atom stereocenters. The third-order valence-electron chi connectivity index (χ3n) is 2.49.